The number of rotatable bonds is 4. The Kier molecular flexibility index (Phi) is 6.20. The van der Waals surface area contributed by atoms with Gasteiger partial charge in [-0.05, 0) is 68.1 Å². The van der Waals surface area contributed by atoms with E-state index in [2.05, 4.69) is 15.6 Å². The second kappa shape index (κ2) is 8.63. The van der Waals surface area contributed by atoms with Crippen LogP contribution in [0.3, 0.4) is 0 Å². The molecule has 0 aliphatic heterocycles. The van der Waals surface area contributed by atoms with Crippen molar-refractivity contribution < 1.29 is 14.3 Å². The minimum Gasteiger partial charge on any atom is -0.408 e. The first-order chi connectivity index (χ1) is 13.7. The number of nitrogens with one attached hydrogen (secondary N) is 2. The second-order valence-electron chi connectivity index (χ2n) is 7.28. The van der Waals surface area contributed by atoms with Gasteiger partial charge in [-0.15, -0.1) is 11.3 Å². The van der Waals surface area contributed by atoms with Crippen molar-refractivity contribution in [1.82, 2.24) is 10.3 Å². The standard InChI is InChI=1S/C21H20ClN3O3S/c1-21(2,3)25-20(27)28-16-8-6-13(17-5-4-10-29-17)11-15(16)24-19(26)14-7-9-18(22)23-12-14/h4-12H,1-3H3,(H,24,26)(H,25,27). The van der Waals surface area contributed by atoms with Gasteiger partial charge >= 0.3 is 6.09 Å². The fraction of sp³-hybridized carbons (Fsp3) is 0.190. The normalized spacial score (nSPS) is 11.0. The average molecular weight is 430 g/mol. The van der Waals surface area contributed by atoms with Crippen LogP contribution in [-0.2, 0) is 0 Å². The van der Waals surface area contributed by atoms with Gasteiger partial charge in [-0.1, -0.05) is 17.7 Å². The largest absolute Gasteiger partial charge is 0.413 e. The number of amides is 2. The number of hydrogen-bond acceptors (Lipinski definition) is 5. The SMILES string of the molecule is CC(C)(C)NC(=O)Oc1ccc(-c2cccs2)cc1NC(=O)c1ccc(Cl)nc1. The van der Waals surface area contributed by atoms with Gasteiger partial charge in [-0.2, -0.15) is 0 Å². The topological polar surface area (TPSA) is 80.3 Å². The van der Waals surface area contributed by atoms with Gasteiger partial charge in [0, 0.05) is 16.6 Å². The highest BCUT2D eigenvalue weighted by molar-refractivity contribution is 7.13. The molecule has 8 heteroatoms. The van der Waals surface area contributed by atoms with Gasteiger partial charge in [0.1, 0.15) is 5.15 Å². The molecule has 150 valence electrons. The van der Waals surface area contributed by atoms with Crippen LogP contribution >= 0.6 is 22.9 Å². The van der Waals surface area contributed by atoms with E-state index < -0.39 is 17.5 Å². The number of pyridine rings is 1. The summed E-state index contributed by atoms with van der Waals surface area (Å²) in [4.78, 5) is 29.8. The van der Waals surface area contributed by atoms with Crippen molar-refractivity contribution in [2.75, 3.05) is 5.32 Å². The molecule has 6 nitrogen and oxygen atoms in total. The van der Waals surface area contributed by atoms with E-state index in [1.807, 2.05) is 44.4 Å². The molecule has 0 aliphatic rings. The average Bonchev–Trinajstić information content (AvgIpc) is 3.16. The minimum absolute atomic E-state index is 0.238. The molecular weight excluding hydrogens is 410 g/mol. The monoisotopic (exact) mass is 429 g/mol. The lowest BCUT2D eigenvalue weighted by atomic mass is 10.1. The fourth-order valence-electron chi connectivity index (χ4n) is 2.45. The molecule has 0 spiro atoms. The van der Waals surface area contributed by atoms with Crippen LogP contribution in [-0.4, -0.2) is 22.5 Å². The summed E-state index contributed by atoms with van der Waals surface area (Å²) in [5.74, 6) is -0.152. The first kappa shape index (κ1) is 20.8. The van der Waals surface area contributed by atoms with Crippen LogP contribution in [0.5, 0.6) is 5.75 Å². The van der Waals surface area contributed by atoms with Crippen LogP contribution in [0, 0.1) is 0 Å². The molecule has 0 aliphatic carbocycles. The molecule has 0 fully saturated rings. The molecular formula is C21H20ClN3O3S. The summed E-state index contributed by atoms with van der Waals surface area (Å²) >= 11 is 7.36. The van der Waals surface area contributed by atoms with E-state index in [0.717, 1.165) is 10.4 Å². The lowest BCUT2D eigenvalue weighted by molar-refractivity contribution is 0.102. The molecule has 1 aromatic carbocycles. The maximum absolute atomic E-state index is 12.6. The number of ether oxygens (including phenoxy) is 1. The predicted octanol–water partition coefficient (Wildman–Crippen LogP) is 5.60. The van der Waals surface area contributed by atoms with E-state index in [0.29, 0.717) is 16.4 Å². The number of benzene rings is 1. The molecule has 2 aromatic heterocycles. The Morgan fingerprint density at radius 3 is 2.55 bits per heavy atom. The van der Waals surface area contributed by atoms with E-state index >= 15 is 0 Å². The number of carbonyl (C=O) groups excluding carboxylic acids is 2. The van der Waals surface area contributed by atoms with Gasteiger partial charge in [-0.25, -0.2) is 9.78 Å². The Labute approximate surface area is 177 Å². The minimum atomic E-state index is -0.606. The van der Waals surface area contributed by atoms with Crippen molar-refractivity contribution in [2.24, 2.45) is 0 Å². The van der Waals surface area contributed by atoms with Gasteiger partial charge in [0.2, 0.25) is 0 Å². The van der Waals surface area contributed by atoms with Crippen molar-refractivity contribution in [3.63, 3.8) is 0 Å². The molecule has 3 aromatic rings. The van der Waals surface area contributed by atoms with Gasteiger partial charge in [-0.3, -0.25) is 4.79 Å². The summed E-state index contributed by atoms with van der Waals surface area (Å²) in [6.45, 7) is 5.55. The summed E-state index contributed by atoms with van der Waals surface area (Å²) in [5.41, 5.74) is 1.15. The number of anilines is 1. The van der Waals surface area contributed by atoms with Crippen LogP contribution in [0.2, 0.25) is 5.15 Å². The molecule has 3 rings (SSSR count). The van der Waals surface area contributed by atoms with Crippen LogP contribution in [0.1, 0.15) is 31.1 Å². The molecule has 0 atom stereocenters. The third-order valence-corrected chi connectivity index (χ3v) is 4.85. The summed E-state index contributed by atoms with van der Waals surface area (Å²) in [7, 11) is 0. The number of hydrogen-bond donors (Lipinski definition) is 2. The smallest absolute Gasteiger partial charge is 0.408 e. The second-order valence-corrected chi connectivity index (χ2v) is 8.61. The first-order valence-electron chi connectivity index (χ1n) is 8.82. The van der Waals surface area contributed by atoms with Crippen LogP contribution < -0.4 is 15.4 Å². The summed E-state index contributed by atoms with van der Waals surface area (Å²) in [6.07, 6.45) is 0.776. The summed E-state index contributed by atoms with van der Waals surface area (Å²) < 4.78 is 5.45. The van der Waals surface area contributed by atoms with Crippen molar-refractivity contribution in [2.45, 2.75) is 26.3 Å². The van der Waals surface area contributed by atoms with Gasteiger partial charge < -0.3 is 15.4 Å². The van der Waals surface area contributed by atoms with Crippen molar-refractivity contribution >= 4 is 40.6 Å². The molecule has 2 amide bonds. The Hall–Kier alpha value is -2.90. The highest BCUT2D eigenvalue weighted by atomic mass is 35.5. The molecule has 0 saturated heterocycles. The van der Waals surface area contributed by atoms with E-state index in [9.17, 15) is 9.59 Å². The highest BCUT2D eigenvalue weighted by Crippen LogP contribution is 2.33. The number of aromatic nitrogens is 1. The maximum atomic E-state index is 12.6. The number of halogens is 1. The number of nitrogens with zero attached hydrogens (tertiary/aromatic N) is 1. The third kappa shape index (κ3) is 5.79. The van der Waals surface area contributed by atoms with Gasteiger partial charge in [0.05, 0.1) is 11.3 Å². The van der Waals surface area contributed by atoms with E-state index in [-0.39, 0.29) is 5.75 Å². The van der Waals surface area contributed by atoms with E-state index in [4.69, 9.17) is 16.3 Å². The van der Waals surface area contributed by atoms with E-state index in [1.165, 1.54) is 12.3 Å². The van der Waals surface area contributed by atoms with Gasteiger partial charge in [0.15, 0.2) is 5.75 Å². The molecule has 2 heterocycles. The molecule has 0 radical (unpaired) electrons. The molecule has 29 heavy (non-hydrogen) atoms. The fourth-order valence-corrected chi connectivity index (χ4v) is 3.28. The molecule has 0 unspecified atom stereocenters. The molecule has 2 N–H and O–H groups in total. The third-order valence-electron chi connectivity index (χ3n) is 3.70. The first-order valence-corrected chi connectivity index (χ1v) is 10.1. The zero-order valence-electron chi connectivity index (χ0n) is 16.2. The lowest BCUT2D eigenvalue weighted by Crippen LogP contribution is -2.42. The van der Waals surface area contributed by atoms with Crippen molar-refractivity contribution in [3.8, 4) is 16.2 Å². The molecule has 0 saturated carbocycles. The van der Waals surface area contributed by atoms with Crippen LogP contribution in [0.4, 0.5) is 10.5 Å². The zero-order chi connectivity index (χ0) is 21.0. The number of thiophene rings is 1. The molecule has 0 bridgehead atoms. The van der Waals surface area contributed by atoms with Crippen LogP contribution in [0.25, 0.3) is 10.4 Å². The van der Waals surface area contributed by atoms with E-state index in [1.54, 1.807) is 29.5 Å². The van der Waals surface area contributed by atoms with Gasteiger partial charge in [0.25, 0.3) is 5.91 Å². The Bertz CT molecular complexity index is 1010. The lowest BCUT2D eigenvalue weighted by Gasteiger charge is -2.20. The summed E-state index contributed by atoms with van der Waals surface area (Å²) in [5, 5.41) is 7.79. The Morgan fingerprint density at radius 1 is 1.14 bits per heavy atom. The number of carbonyl (C=O) groups is 2. The van der Waals surface area contributed by atoms with Crippen molar-refractivity contribution in [3.05, 3.63) is 64.8 Å². The maximum Gasteiger partial charge on any atom is 0.413 e. The van der Waals surface area contributed by atoms with Crippen LogP contribution in [0.15, 0.2) is 54.0 Å². The summed E-state index contributed by atoms with van der Waals surface area (Å²) in [6, 6.07) is 12.3. The highest BCUT2D eigenvalue weighted by Gasteiger charge is 2.18. The quantitative estimate of drug-likeness (QED) is 0.529. The zero-order valence-corrected chi connectivity index (χ0v) is 17.7. The van der Waals surface area contributed by atoms with Crippen molar-refractivity contribution in [1.29, 1.82) is 0 Å². The predicted molar refractivity (Wildman–Crippen MR) is 116 cm³/mol. The Morgan fingerprint density at radius 2 is 1.93 bits per heavy atom. The Balaban J connectivity index is 1.90.